The average molecular weight is 279 g/mol. The minimum absolute atomic E-state index is 0.301. The molecule has 0 saturated heterocycles. The van der Waals surface area contributed by atoms with E-state index in [1.165, 1.54) is 5.56 Å². The van der Waals surface area contributed by atoms with Gasteiger partial charge in [-0.25, -0.2) is 0 Å². The lowest BCUT2D eigenvalue weighted by atomic mass is 10.00. The summed E-state index contributed by atoms with van der Waals surface area (Å²) in [4.78, 5) is 4.13. The minimum atomic E-state index is 0.301. The summed E-state index contributed by atoms with van der Waals surface area (Å²) in [5.74, 6) is 1.24. The van der Waals surface area contributed by atoms with Crippen LogP contribution >= 0.6 is 0 Å². The summed E-state index contributed by atoms with van der Waals surface area (Å²) in [7, 11) is 0. The van der Waals surface area contributed by atoms with Crippen LogP contribution < -0.4 is 10.5 Å². The van der Waals surface area contributed by atoms with E-state index in [0.717, 1.165) is 41.2 Å². The molecule has 1 aliphatic rings. The maximum absolute atomic E-state index is 5.94. The van der Waals surface area contributed by atoms with Crippen LogP contribution in [-0.4, -0.2) is 16.7 Å². The molecule has 21 heavy (non-hydrogen) atoms. The van der Waals surface area contributed by atoms with Crippen LogP contribution in [0, 0.1) is 0 Å². The van der Waals surface area contributed by atoms with Crippen LogP contribution in [0.4, 0.5) is 5.88 Å². The van der Waals surface area contributed by atoms with E-state index < -0.39 is 0 Å². The molecule has 5 heteroatoms. The summed E-state index contributed by atoms with van der Waals surface area (Å²) in [6.07, 6.45) is 4.39. The molecule has 0 saturated carbocycles. The Morgan fingerprint density at radius 1 is 1.14 bits per heavy atom. The van der Waals surface area contributed by atoms with Gasteiger partial charge in [0.1, 0.15) is 11.4 Å². The second kappa shape index (κ2) is 4.63. The van der Waals surface area contributed by atoms with E-state index in [-0.39, 0.29) is 0 Å². The van der Waals surface area contributed by atoms with Crippen LogP contribution in [0.15, 0.2) is 47.2 Å². The van der Waals surface area contributed by atoms with Crippen molar-refractivity contribution in [3.05, 3.63) is 48.3 Å². The molecule has 0 aliphatic carbocycles. The maximum atomic E-state index is 5.94. The van der Waals surface area contributed by atoms with Gasteiger partial charge in [0, 0.05) is 29.9 Å². The third-order valence-electron chi connectivity index (χ3n) is 3.63. The topological polar surface area (TPSA) is 74.2 Å². The van der Waals surface area contributed by atoms with Gasteiger partial charge in [0.2, 0.25) is 5.88 Å². The summed E-state index contributed by atoms with van der Waals surface area (Å²) in [5.41, 5.74) is 10.5. The van der Waals surface area contributed by atoms with E-state index in [1.807, 2.05) is 24.3 Å². The molecule has 1 aliphatic heterocycles. The van der Waals surface area contributed by atoms with Crippen LogP contribution in [0.2, 0.25) is 0 Å². The maximum Gasteiger partial charge on any atom is 0.230 e. The Bertz CT molecular complexity index is 797. The average Bonchev–Trinajstić information content (AvgIpc) is 3.13. The lowest BCUT2D eigenvalue weighted by Crippen LogP contribution is -1.89. The largest absolute Gasteiger partial charge is 0.493 e. The smallest absolute Gasteiger partial charge is 0.230 e. The summed E-state index contributed by atoms with van der Waals surface area (Å²) in [6, 6.07) is 9.83. The fraction of sp³-hybridized carbons (Fsp3) is 0.125. The summed E-state index contributed by atoms with van der Waals surface area (Å²) in [5, 5.41) is 4.12. The van der Waals surface area contributed by atoms with Crippen LogP contribution in [0.5, 0.6) is 5.75 Å². The highest BCUT2D eigenvalue weighted by atomic mass is 16.5. The van der Waals surface area contributed by atoms with Gasteiger partial charge in [-0.3, -0.25) is 4.98 Å². The Morgan fingerprint density at radius 3 is 2.95 bits per heavy atom. The van der Waals surface area contributed by atoms with Crippen molar-refractivity contribution in [3.8, 4) is 28.1 Å². The number of rotatable bonds is 2. The van der Waals surface area contributed by atoms with Gasteiger partial charge in [-0.1, -0.05) is 11.2 Å². The Balaban J connectivity index is 1.87. The SMILES string of the molecule is Nc1onc(-c2ccc3c(c2)CCO3)c1-c1cccnc1. The fourth-order valence-corrected chi connectivity index (χ4v) is 2.62. The lowest BCUT2D eigenvalue weighted by molar-refractivity contribution is 0.357. The molecule has 0 bridgehead atoms. The molecule has 104 valence electrons. The van der Waals surface area contributed by atoms with Gasteiger partial charge < -0.3 is 15.0 Å². The van der Waals surface area contributed by atoms with Gasteiger partial charge in [0.05, 0.1) is 12.2 Å². The number of fused-ring (bicyclic) bond motifs is 1. The van der Waals surface area contributed by atoms with Crippen molar-refractivity contribution >= 4 is 5.88 Å². The first-order valence-electron chi connectivity index (χ1n) is 6.74. The Morgan fingerprint density at radius 2 is 2.10 bits per heavy atom. The van der Waals surface area contributed by atoms with E-state index >= 15 is 0 Å². The molecule has 0 radical (unpaired) electrons. The number of ether oxygens (including phenoxy) is 1. The van der Waals surface area contributed by atoms with Gasteiger partial charge in [-0.05, 0) is 29.8 Å². The van der Waals surface area contributed by atoms with Crippen LogP contribution in [0.1, 0.15) is 5.56 Å². The van der Waals surface area contributed by atoms with E-state index in [9.17, 15) is 0 Å². The van der Waals surface area contributed by atoms with Gasteiger partial charge in [-0.15, -0.1) is 0 Å². The molecule has 3 aromatic rings. The second-order valence-corrected chi connectivity index (χ2v) is 4.93. The molecule has 0 spiro atoms. The molecule has 0 amide bonds. The van der Waals surface area contributed by atoms with E-state index in [1.54, 1.807) is 12.4 Å². The van der Waals surface area contributed by atoms with Crippen LogP contribution in [0.25, 0.3) is 22.4 Å². The standard InChI is InChI=1S/C16H13N3O2/c17-16-14(12-2-1-6-18-9-12)15(19-21-16)11-3-4-13-10(8-11)5-7-20-13/h1-4,6,8-9H,5,7,17H2. The predicted octanol–water partition coefficient (Wildman–Crippen LogP) is 2.92. The molecule has 3 heterocycles. The molecule has 2 N–H and O–H groups in total. The van der Waals surface area contributed by atoms with Gasteiger partial charge in [0.15, 0.2) is 0 Å². The minimum Gasteiger partial charge on any atom is -0.493 e. The van der Waals surface area contributed by atoms with E-state index in [0.29, 0.717) is 5.88 Å². The number of aromatic nitrogens is 2. The number of nitrogen functional groups attached to an aromatic ring is 1. The number of anilines is 1. The normalized spacial score (nSPS) is 13.0. The number of nitrogens with two attached hydrogens (primary N) is 1. The summed E-state index contributed by atoms with van der Waals surface area (Å²) < 4.78 is 10.7. The predicted molar refractivity (Wildman–Crippen MR) is 78.8 cm³/mol. The number of hydrogen-bond donors (Lipinski definition) is 1. The van der Waals surface area contributed by atoms with Gasteiger partial charge in [0.25, 0.3) is 0 Å². The van der Waals surface area contributed by atoms with Crippen molar-refractivity contribution < 1.29 is 9.26 Å². The van der Waals surface area contributed by atoms with Crippen molar-refractivity contribution in [1.82, 2.24) is 10.1 Å². The second-order valence-electron chi connectivity index (χ2n) is 4.93. The molecule has 4 rings (SSSR count). The number of benzene rings is 1. The van der Waals surface area contributed by atoms with Gasteiger partial charge in [-0.2, -0.15) is 0 Å². The monoisotopic (exact) mass is 279 g/mol. The quantitative estimate of drug-likeness (QED) is 0.780. The first-order valence-corrected chi connectivity index (χ1v) is 6.74. The number of pyridine rings is 1. The molecule has 0 unspecified atom stereocenters. The Labute approximate surface area is 121 Å². The lowest BCUT2D eigenvalue weighted by Gasteiger charge is -2.04. The van der Waals surface area contributed by atoms with Gasteiger partial charge >= 0.3 is 0 Å². The van der Waals surface area contributed by atoms with E-state index in [2.05, 4.69) is 16.2 Å². The van der Waals surface area contributed by atoms with Crippen molar-refractivity contribution in [2.45, 2.75) is 6.42 Å². The first kappa shape index (κ1) is 12.0. The van der Waals surface area contributed by atoms with Crippen molar-refractivity contribution in [2.24, 2.45) is 0 Å². The fourth-order valence-electron chi connectivity index (χ4n) is 2.62. The highest BCUT2D eigenvalue weighted by Crippen LogP contribution is 2.38. The zero-order chi connectivity index (χ0) is 14.2. The summed E-state index contributed by atoms with van der Waals surface area (Å²) in [6.45, 7) is 0.731. The molecular formula is C16H13N3O2. The highest BCUT2D eigenvalue weighted by molar-refractivity contribution is 5.86. The Kier molecular flexibility index (Phi) is 2.64. The molecule has 0 fully saturated rings. The number of hydrogen-bond acceptors (Lipinski definition) is 5. The third kappa shape index (κ3) is 1.94. The first-order chi connectivity index (χ1) is 10.3. The molecule has 0 atom stereocenters. The van der Waals surface area contributed by atoms with Crippen molar-refractivity contribution in [1.29, 1.82) is 0 Å². The molecule has 1 aromatic carbocycles. The van der Waals surface area contributed by atoms with Crippen LogP contribution in [0.3, 0.4) is 0 Å². The van der Waals surface area contributed by atoms with Crippen molar-refractivity contribution in [2.75, 3.05) is 12.3 Å². The van der Waals surface area contributed by atoms with Crippen LogP contribution in [-0.2, 0) is 6.42 Å². The Hall–Kier alpha value is -2.82. The third-order valence-corrected chi connectivity index (χ3v) is 3.63. The molecular weight excluding hydrogens is 266 g/mol. The zero-order valence-electron chi connectivity index (χ0n) is 11.2. The number of nitrogens with zero attached hydrogens (tertiary/aromatic N) is 2. The van der Waals surface area contributed by atoms with Crippen molar-refractivity contribution in [3.63, 3.8) is 0 Å². The molecule has 5 nitrogen and oxygen atoms in total. The zero-order valence-corrected chi connectivity index (χ0v) is 11.2. The van der Waals surface area contributed by atoms with E-state index in [4.69, 9.17) is 15.0 Å². The highest BCUT2D eigenvalue weighted by Gasteiger charge is 2.20. The molecule has 2 aromatic heterocycles. The summed E-state index contributed by atoms with van der Waals surface area (Å²) >= 11 is 0.